The molecule has 0 atom stereocenters. The van der Waals surface area contributed by atoms with Crippen molar-refractivity contribution in [1.29, 1.82) is 0 Å². The van der Waals surface area contributed by atoms with E-state index in [-0.39, 0.29) is 10.5 Å². The van der Waals surface area contributed by atoms with Gasteiger partial charge in [0.15, 0.2) is 6.61 Å². The molecule has 2 rings (SSSR count). The molecule has 0 fully saturated rings. The minimum atomic E-state index is -3.92. The molecular formula is C18H19N3O6S. The third kappa shape index (κ3) is 6.09. The van der Waals surface area contributed by atoms with E-state index in [4.69, 9.17) is 4.74 Å². The molecule has 148 valence electrons. The summed E-state index contributed by atoms with van der Waals surface area (Å²) < 4.78 is 32.3. The molecule has 0 bridgehead atoms. The molecule has 0 heterocycles. The Kier molecular flexibility index (Phi) is 6.72. The second-order valence-electron chi connectivity index (χ2n) is 5.81. The van der Waals surface area contributed by atoms with E-state index in [1.807, 2.05) is 23.8 Å². The van der Waals surface area contributed by atoms with Crippen LogP contribution in [0.2, 0.25) is 0 Å². The van der Waals surface area contributed by atoms with Crippen LogP contribution in [0.4, 0.5) is 5.69 Å². The minimum absolute atomic E-state index is 0.0422. The summed E-state index contributed by atoms with van der Waals surface area (Å²) in [4.78, 5) is 34.1. The molecule has 2 amide bonds. The molecule has 10 heteroatoms. The maximum absolute atomic E-state index is 12.5. The fourth-order valence-electron chi connectivity index (χ4n) is 2.12. The number of esters is 1. The summed E-state index contributed by atoms with van der Waals surface area (Å²) in [5, 5.41) is 0. The molecule has 3 N–H and O–H groups in total. The molecular weight excluding hydrogens is 386 g/mol. The highest BCUT2D eigenvalue weighted by Crippen LogP contribution is 2.18. The van der Waals surface area contributed by atoms with E-state index in [0.29, 0.717) is 5.69 Å². The van der Waals surface area contributed by atoms with Gasteiger partial charge in [0.05, 0.1) is 10.5 Å². The lowest BCUT2D eigenvalue weighted by atomic mass is 10.2. The number of hydrazine groups is 1. The average molecular weight is 405 g/mol. The lowest BCUT2D eigenvalue weighted by molar-refractivity contribution is -0.129. The Labute approximate surface area is 162 Å². The Hall–Kier alpha value is -3.40. The van der Waals surface area contributed by atoms with Crippen LogP contribution < -0.4 is 15.6 Å². The minimum Gasteiger partial charge on any atom is -0.452 e. The lowest BCUT2D eigenvalue weighted by Gasteiger charge is -2.10. The van der Waals surface area contributed by atoms with E-state index in [9.17, 15) is 22.8 Å². The van der Waals surface area contributed by atoms with Gasteiger partial charge in [-0.25, -0.2) is 13.2 Å². The summed E-state index contributed by atoms with van der Waals surface area (Å²) >= 11 is 0. The van der Waals surface area contributed by atoms with E-state index in [1.54, 1.807) is 18.2 Å². The normalized spacial score (nSPS) is 10.6. The van der Waals surface area contributed by atoms with Gasteiger partial charge in [0.25, 0.3) is 15.9 Å². The molecule has 9 nitrogen and oxygen atoms in total. The van der Waals surface area contributed by atoms with Crippen molar-refractivity contribution in [2.45, 2.75) is 18.7 Å². The first kappa shape index (κ1) is 20.9. The molecule has 0 aliphatic heterocycles. The Morgan fingerprint density at radius 3 is 2.39 bits per heavy atom. The van der Waals surface area contributed by atoms with Gasteiger partial charge in [-0.05, 0) is 42.8 Å². The summed E-state index contributed by atoms with van der Waals surface area (Å²) in [7, 11) is -3.92. The van der Waals surface area contributed by atoms with Crippen LogP contribution in [0, 0.1) is 6.92 Å². The standard InChI is InChI=1S/C18H19N3O6S/c1-12-5-3-7-15(9-12)21-28(25,26)16-8-4-6-14(10-16)18(24)27-11-17(23)20-19-13(2)22/h3-10,21H,11H2,1-2H3,(H,19,22)(H,20,23). The van der Waals surface area contributed by atoms with Gasteiger partial charge in [-0.15, -0.1) is 0 Å². The molecule has 0 saturated heterocycles. The number of carbonyl (C=O) groups excluding carboxylic acids is 3. The molecule has 0 aliphatic rings. The number of aryl methyl sites for hydroxylation is 1. The first-order valence-corrected chi connectivity index (χ1v) is 9.58. The van der Waals surface area contributed by atoms with Gasteiger partial charge >= 0.3 is 5.97 Å². The molecule has 2 aromatic rings. The molecule has 0 radical (unpaired) electrons. The van der Waals surface area contributed by atoms with Crippen molar-refractivity contribution in [2.24, 2.45) is 0 Å². The number of hydrogen-bond donors (Lipinski definition) is 3. The number of amides is 2. The van der Waals surface area contributed by atoms with Gasteiger partial charge in [0.2, 0.25) is 5.91 Å². The molecule has 2 aromatic carbocycles. The van der Waals surface area contributed by atoms with Crippen LogP contribution in [0.5, 0.6) is 0 Å². The average Bonchev–Trinajstić information content (AvgIpc) is 2.64. The summed E-state index contributed by atoms with van der Waals surface area (Å²) in [6.45, 7) is 2.39. The zero-order valence-corrected chi connectivity index (χ0v) is 16.0. The fourth-order valence-corrected chi connectivity index (χ4v) is 3.22. The molecule has 28 heavy (non-hydrogen) atoms. The summed E-state index contributed by atoms with van der Waals surface area (Å²) in [5.41, 5.74) is 5.32. The van der Waals surface area contributed by atoms with Crippen molar-refractivity contribution < 1.29 is 27.5 Å². The number of ether oxygens (including phenoxy) is 1. The summed E-state index contributed by atoms with van der Waals surface area (Å²) in [5.74, 6) is -2.11. The van der Waals surface area contributed by atoms with Crippen LogP contribution in [-0.4, -0.2) is 32.8 Å². The Bertz CT molecular complexity index is 1000. The smallest absolute Gasteiger partial charge is 0.338 e. The lowest BCUT2D eigenvalue weighted by Crippen LogP contribution is -2.42. The van der Waals surface area contributed by atoms with E-state index in [1.165, 1.54) is 25.1 Å². The van der Waals surface area contributed by atoms with Crippen LogP contribution in [0.3, 0.4) is 0 Å². The van der Waals surface area contributed by atoms with Crippen LogP contribution in [0.15, 0.2) is 53.4 Å². The third-order valence-electron chi connectivity index (χ3n) is 3.36. The number of anilines is 1. The predicted octanol–water partition coefficient (Wildman–Crippen LogP) is 1.12. The molecule has 0 aliphatic carbocycles. The highest BCUT2D eigenvalue weighted by Gasteiger charge is 2.18. The summed E-state index contributed by atoms with van der Waals surface area (Å²) in [6, 6.07) is 12.0. The van der Waals surface area contributed by atoms with Crippen LogP contribution in [-0.2, 0) is 24.3 Å². The van der Waals surface area contributed by atoms with Gasteiger partial charge < -0.3 is 4.74 Å². The number of carbonyl (C=O) groups is 3. The maximum atomic E-state index is 12.5. The number of benzene rings is 2. The van der Waals surface area contributed by atoms with Crippen molar-refractivity contribution in [2.75, 3.05) is 11.3 Å². The highest BCUT2D eigenvalue weighted by molar-refractivity contribution is 7.92. The monoisotopic (exact) mass is 405 g/mol. The SMILES string of the molecule is CC(=O)NNC(=O)COC(=O)c1cccc(S(=O)(=O)Nc2cccc(C)c2)c1. The van der Waals surface area contributed by atoms with Gasteiger partial charge in [0.1, 0.15) is 0 Å². The van der Waals surface area contributed by atoms with Gasteiger partial charge in [-0.1, -0.05) is 18.2 Å². The third-order valence-corrected chi connectivity index (χ3v) is 4.74. The van der Waals surface area contributed by atoms with E-state index < -0.39 is 34.4 Å². The van der Waals surface area contributed by atoms with Crippen LogP contribution in [0.1, 0.15) is 22.8 Å². The van der Waals surface area contributed by atoms with Gasteiger partial charge in [-0.3, -0.25) is 25.2 Å². The first-order valence-electron chi connectivity index (χ1n) is 8.09. The van der Waals surface area contributed by atoms with Crippen molar-refractivity contribution in [1.82, 2.24) is 10.9 Å². The van der Waals surface area contributed by atoms with Crippen molar-refractivity contribution in [3.8, 4) is 0 Å². The first-order chi connectivity index (χ1) is 13.2. The second kappa shape index (κ2) is 9.00. The number of nitrogens with one attached hydrogen (secondary N) is 3. The van der Waals surface area contributed by atoms with E-state index in [2.05, 4.69) is 4.72 Å². The van der Waals surface area contributed by atoms with Crippen molar-refractivity contribution in [3.05, 3.63) is 59.7 Å². The molecule has 0 aromatic heterocycles. The number of rotatable bonds is 6. The Morgan fingerprint density at radius 1 is 1.00 bits per heavy atom. The quantitative estimate of drug-likeness (QED) is 0.488. The van der Waals surface area contributed by atoms with E-state index >= 15 is 0 Å². The van der Waals surface area contributed by atoms with Crippen LogP contribution in [0.25, 0.3) is 0 Å². The van der Waals surface area contributed by atoms with Gasteiger partial charge in [0, 0.05) is 12.6 Å². The van der Waals surface area contributed by atoms with Crippen LogP contribution >= 0.6 is 0 Å². The Morgan fingerprint density at radius 2 is 1.71 bits per heavy atom. The van der Waals surface area contributed by atoms with Gasteiger partial charge in [-0.2, -0.15) is 0 Å². The Balaban J connectivity index is 2.07. The second-order valence-corrected chi connectivity index (χ2v) is 7.49. The maximum Gasteiger partial charge on any atom is 0.338 e. The largest absolute Gasteiger partial charge is 0.452 e. The molecule has 0 saturated carbocycles. The van der Waals surface area contributed by atoms with E-state index in [0.717, 1.165) is 11.6 Å². The predicted molar refractivity (Wildman–Crippen MR) is 101 cm³/mol. The topological polar surface area (TPSA) is 131 Å². The zero-order valence-electron chi connectivity index (χ0n) is 15.2. The zero-order chi connectivity index (χ0) is 20.7. The highest BCUT2D eigenvalue weighted by atomic mass is 32.2. The van der Waals surface area contributed by atoms with Crippen molar-refractivity contribution >= 4 is 33.5 Å². The molecule has 0 unspecified atom stereocenters. The summed E-state index contributed by atoms with van der Waals surface area (Å²) in [6.07, 6.45) is 0. The molecule has 0 spiro atoms. The van der Waals surface area contributed by atoms with Crippen molar-refractivity contribution in [3.63, 3.8) is 0 Å². The number of sulfonamides is 1. The fraction of sp³-hybridized carbons (Fsp3) is 0.167. The number of hydrogen-bond acceptors (Lipinski definition) is 6.